The Kier molecular flexibility index (Phi) is 6.14. The molecule has 0 fully saturated rings. The Morgan fingerprint density at radius 3 is 2.57 bits per heavy atom. The molecule has 0 saturated carbocycles. The minimum atomic E-state index is -0.895. The Morgan fingerprint density at radius 2 is 2.00 bits per heavy atom. The molecular weight excluding hydrogens is 275 g/mol. The fourth-order valence-electron chi connectivity index (χ4n) is 1.85. The van der Waals surface area contributed by atoms with Crippen LogP contribution in [0.1, 0.15) is 37.4 Å². The van der Waals surface area contributed by atoms with Gasteiger partial charge in [-0.1, -0.05) is 19.1 Å². The zero-order valence-corrected chi connectivity index (χ0v) is 12.4. The average Bonchev–Trinajstić information content (AvgIpc) is 2.38. The second-order valence-electron chi connectivity index (χ2n) is 5.29. The summed E-state index contributed by atoms with van der Waals surface area (Å²) in [5.41, 5.74) is 1.23. The van der Waals surface area contributed by atoms with Gasteiger partial charge in [-0.3, -0.25) is 4.79 Å². The van der Waals surface area contributed by atoms with Gasteiger partial charge in [0.15, 0.2) is 0 Å². The Morgan fingerprint density at radius 1 is 1.33 bits per heavy atom. The van der Waals surface area contributed by atoms with Crippen LogP contribution in [0, 0.1) is 18.7 Å². The van der Waals surface area contributed by atoms with E-state index in [1.54, 1.807) is 32.9 Å². The number of hydrogen-bond donors (Lipinski definition) is 3. The number of benzene rings is 1. The summed E-state index contributed by atoms with van der Waals surface area (Å²) in [7, 11) is 0. The lowest BCUT2D eigenvalue weighted by Gasteiger charge is -2.17. The first-order valence-corrected chi connectivity index (χ1v) is 6.81. The third kappa shape index (κ3) is 5.81. The first-order valence-electron chi connectivity index (χ1n) is 6.81. The van der Waals surface area contributed by atoms with Gasteiger partial charge in [-0.25, -0.2) is 9.18 Å². The van der Waals surface area contributed by atoms with Gasteiger partial charge >= 0.3 is 12.0 Å². The molecule has 0 heterocycles. The molecule has 0 aliphatic carbocycles. The smallest absolute Gasteiger partial charge is 0.315 e. The average molecular weight is 296 g/mol. The lowest BCUT2D eigenvalue weighted by Crippen LogP contribution is -2.39. The Balaban J connectivity index is 2.46. The summed E-state index contributed by atoms with van der Waals surface area (Å²) in [6, 6.07) is 4.08. The van der Waals surface area contributed by atoms with E-state index < -0.39 is 12.0 Å². The van der Waals surface area contributed by atoms with Crippen LogP contribution in [0.5, 0.6) is 0 Å². The molecule has 116 valence electrons. The number of urea groups is 1. The maximum atomic E-state index is 13.5. The number of carboxylic acid groups (broad SMARTS) is 1. The molecule has 21 heavy (non-hydrogen) atoms. The summed E-state index contributed by atoms with van der Waals surface area (Å²) in [6.45, 7) is 5.44. The van der Waals surface area contributed by atoms with Gasteiger partial charge in [-0.05, 0) is 37.0 Å². The molecule has 0 spiro atoms. The van der Waals surface area contributed by atoms with Gasteiger partial charge in [0.2, 0.25) is 0 Å². The molecule has 2 atom stereocenters. The van der Waals surface area contributed by atoms with E-state index in [0.717, 1.165) is 0 Å². The van der Waals surface area contributed by atoms with Crippen molar-refractivity contribution in [1.82, 2.24) is 10.6 Å². The summed E-state index contributed by atoms with van der Waals surface area (Å²) >= 11 is 0. The number of aryl methyl sites for hydroxylation is 1. The molecule has 0 bridgehead atoms. The van der Waals surface area contributed by atoms with Gasteiger partial charge < -0.3 is 15.7 Å². The molecule has 1 rings (SSSR count). The number of amides is 2. The summed E-state index contributed by atoms with van der Waals surface area (Å²) in [4.78, 5) is 22.2. The standard InChI is InChI=1S/C15H21FN2O3/c1-9(6-14(19)20)8-17-15(21)18-11(3)12-5-4-10(2)13(16)7-12/h4-5,7,9,11H,6,8H2,1-3H3,(H,19,20)(H2,17,18,21). The van der Waals surface area contributed by atoms with E-state index in [1.165, 1.54) is 6.07 Å². The van der Waals surface area contributed by atoms with E-state index in [1.807, 2.05) is 0 Å². The van der Waals surface area contributed by atoms with E-state index >= 15 is 0 Å². The van der Waals surface area contributed by atoms with Crippen molar-refractivity contribution in [3.8, 4) is 0 Å². The fourth-order valence-corrected chi connectivity index (χ4v) is 1.85. The predicted octanol–water partition coefficient (Wildman–Crippen LogP) is 2.61. The third-order valence-corrected chi connectivity index (χ3v) is 3.18. The second-order valence-corrected chi connectivity index (χ2v) is 5.29. The van der Waals surface area contributed by atoms with E-state index in [0.29, 0.717) is 11.1 Å². The highest BCUT2D eigenvalue weighted by atomic mass is 19.1. The van der Waals surface area contributed by atoms with Crippen LogP contribution in [-0.2, 0) is 4.79 Å². The highest BCUT2D eigenvalue weighted by Gasteiger charge is 2.13. The number of aliphatic carboxylic acids is 1. The van der Waals surface area contributed by atoms with Crippen LogP contribution in [-0.4, -0.2) is 23.7 Å². The van der Waals surface area contributed by atoms with E-state index in [9.17, 15) is 14.0 Å². The number of carboxylic acids is 1. The molecule has 3 N–H and O–H groups in total. The fraction of sp³-hybridized carbons (Fsp3) is 0.467. The van der Waals surface area contributed by atoms with E-state index in [-0.39, 0.29) is 30.7 Å². The number of nitrogens with one attached hydrogen (secondary N) is 2. The minimum Gasteiger partial charge on any atom is -0.481 e. The largest absolute Gasteiger partial charge is 0.481 e. The van der Waals surface area contributed by atoms with E-state index in [2.05, 4.69) is 10.6 Å². The lowest BCUT2D eigenvalue weighted by atomic mass is 10.1. The molecule has 0 aliphatic heterocycles. The van der Waals surface area contributed by atoms with Gasteiger partial charge in [0.25, 0.3) is 0 Å². The topological polar surface area (TPSA) is 78.4 Å². The number of hydrogen-bond acceptors (Lipinski definition) is 2. The summed E-state index contributed by atoms with van der Waals surface area (Å²) < 4.78 is 13.5. The monoisotopic (exact) mass is 296 g/mol. The van der Waals surface area contributed by atoms with E-state index in [4.69, 9.17) is 5.11 Å². The zero-order chi connectivity index (χ0) is 16.0. The Hall–Kier alpha value is -2.11. The van der Waals surface area contributed by atoms with Crippen LogP contribution in [0.25, 0.3) is 0 Å². The van der Waals surface area contributed by atoms with Crippen LogP contribution in [0.4, 0.5) is 9.18 Å². The molecule has 2 amide bonds. The zero-order valence-electron chi connectivity index (χ0n) is 12.4. The highest BCUT2D eigenvalue weighted by molar-refractivity contribution is 5.74. The van der Waals surface area contributed by atoms with Crippen molar-refractivity contribution in [1.29, 1.82) is 0 Å². The number of carbonyl (C=O) groups is 2. The van der Waals surface area contributed by atoms with Gasteiger partial charge in [0, 0.05) is 13.0 Å². The quantitative estimate of drug-likeness (QED) is 0.755. The summed E-state index contributed by atoms with van der Waals surface area (Å²) in [5, 5.41) is 13.9. The van der Waals surface area contributed by atoms with Crippen LogP contribution < -0.4 is 10.6 Å². The maximum Gasteiger partial charge on any atom is 0.315 e. The third-order valence-electron chi connectivity index (χ3n) is 3.18. The van der Waals surface area contributed by atoms with Crippen molar-refractivity contribution >= 4 is 12.0 Å². The number of carbonyl (C=O) groups excluding carboxylic acids is 1. The van der Waals surface area contributed by atoms with Crippen LogP contribution in [0.15, 0.2) is 18.2 Å². The Labute approximate surface area is 123 Å². The molecule has 1 aromatic carbocycles. The van der Waals surface area contributed by atoms with Gasteiger partial charge in [-0.15, -0.1) is 0 Å². The maximum absolute atomic E-state index is 13.5. The Bertz CT molecular complexity index is 520. The normalized spacial score (nSPS) is 13.3. The molecule has 2 unspecified atom stereocenters. The van der Waals surface area contributed by atoms with Crippen molar-refractivity contribution < 1.29 is 19.1 Å². The molecule has 0 aliphatic rings. The van der Waals surface area contributed by atoms with Gasteiger partial charge in [-0.2, -0.15) is 0 Å². The highest BCUT2D eigenvalue weighted by Crippen LogP contribution is 2.16. The van der Waals surface area contributed by atoms with Gasteiger partial charge in [0.05, 0.1) is 6.04 Å². The molecule has 0 saturated heterocycles. The number of rotatable bonds is 6. The summed E-state index contributed by atoms with van der Waals surface area (Å²) in [5.74, 6) is -1.36. The van der Waals surface area contributed by atoms with Crippen LogP contribution in [0.3, 0.4) is 0 Å². The van der Waals surface area contributed by atoms with Gasteiger partial charge in [0.1, 0.15) is 5.82 Å². The SMILES string of the molecule is Cc1ccc(C(C)NC(=O)NCC(C)CC(=O)O)cc1F. The number of halogens is 1. The van der Waals surface area contributed by atoms with Crippen LogP contribution in [0.2, 0.25) is 0 Å². The second kappa shape index (κ2) is 7.61. The molecule has 5 nitrogen and oxygen atoms in total. The molecule has 0 radical (unpaired) electrons. The van der Waals surface area contributed by atoms with Crippen molar-refractivity contribution in [2.24, 2.45) is 5.92 Å². The first-order chi connectivity index (χ1) is 9.79. The van der Waals surface area contributed by atoms with Crippen molar-refractivity contribution in [2.45, 2.75) is 33.2 Å². The minimum absolute atomic E-state index is 0.000985. The molecule has 6 heteroatoms. The predicted molar refractivity (Wildman–Crippen MR) is 77.5 cm³/mol. The van der Waals surface area contributed by atoms with Crippen molar-refractivity contribution in [2.75, 3.05) is 6.54 Å². The first kappa shape index (κ1) is 16.9. The summed E-state index contributed by atoms with van der Waals surface area (Å²) in [6.07, 6.45) is -0.000985. The van der Waals surface area contributed by atoms with Crippen LogP contribution >= 0.6 is 0 Å². The molecule has 1 aromatic rings. The lowest BCUT2D eigenvalue weighted by molar-refractivity contribution is -0.137. The van der Waals surface area contributed by atoms with Crippen molar-refractivity contribution in [3.63, 3.8) is 0 Å². The molecular formula is C15H21FN2O3. The molecule has 0 aromatic heterocycles. The van der Waals surface area contributed by atoms with Crippen molar-refractivity contribution in [3.05, 3.63) is 35.1 Å².